The van der Waals surface area contributed by atoms with Crippen molar-refractivity contribution in [3.63, 3.8) is 0 Å². The second-order valence-corrected chi connectivity index (χ2v) is 9.22. The fourth-order valence-electron chi connectivity index (χ4n) is 2.30. The van der Waals surface area contributed by atoms with Gasteiger partial charge in [0.1, 0.15) is 24.4 Å². The van der Waals surface area contributed by atoms with Crippen LogP contribution < -0.4 is 0 Å². The van der Waals surface area contributed by atoms with Crippen LogP contribution in [0.4, 0.5) is 0 Å². The molecule has 0 atom stereocenters. The van der Waals surface area contributed by atoms with Crippen LogP contribution in [0.2, 0.25) is 0 Å². The summed E-state index contributed by atoms with van der Waals surface area (Å²) in [6.45, 7) is 3.59. The molecule has 0 rings (SSSR count). The summed E-state index contributed by atoms with van der Waals surface area (Å²) in [6.07, 6.45) is 12.5. The van der Waals surface area contributed by atoms with E-state index in [9.17, 15) is 0 Å². The van der Waals surface area contributed by atoms with Crippen molar-refractivity contribution in [2.75, 3.05) is 66.1 Å². The Labute approximate surface area is 247 Å². The van der Waals surface area contributed by atoms with Gasteiger partial charge in [-0.15, -0.1) is 0 Å². The van der Waals surface area contributed by atoms with Crippen LogP contribution in [0.15, 0.2) is 0 Å². The third-order valence-electron chi connectivity index (χ3n) is 4.97. The molecule has 0 aromatic heterocycles. The van der Waals surface area contributed by atoms with E-state index in [0.717, 1.165) is 13.2 Å². The summed E-state index contributed by atoms with van der Waals surface area (Å²) < 4.78 is 5.65. The maximum absolute atomic E-state index is 8.17. The number of hydrogen-bond donors (Lipinski definition) is 12. The second kappa shape index (κ2) is 49.2. The van der Waals surface area contributed by atoms with E-state index in [1.165, 1.54) is 77.0 Å². The average molecular weight is 611 g/mol. The molecule has 0 unspecified atom stereocenters. The number of hydrogen-bond acceptors (Lipinski definition) is 13. The van der Waals surface area contributed by atoms with E-state index in [1.807, 2.05) is 0 Å². The molecule has 41 heavy (non-hydrogen) atoms. The molecule has 13 nitrogen and oxygen atoms in total. The van der Waals surface area contributed by atoms with Gasteiger partial charge in [0.2, 0.25) is 0 Å². The molecule has 0 aliphatic heterocycles. The average Bonchev–Trinajstić information content (AvgIpc) is 3.02. The minimum Gasteiger partial charge on any atom is -0.394 e. The standard InChI is InChI=1S/C16H34O.4C3H8O3/c1-3-5-7-9-11-13-15-17-16-14-12-10-8-6-4-2;4*4-1-3(6)2-5/h3-16H2,1-2H3;4*3-6H,1-2H2. The largest absolute Gasteiger partial charge is 0.394 e. The monoisotopic (exact) mass is 610 g/mol. The Morgan fingerprint density at radius 2 is 0.537 bits per heavy atom. The SMILES string of the molecule is CCCCCCCCOCCCCCCCC.OCC(O)CO.OCC(O)CO.OCC(O)CO.OCC(O)CO. The lowest BCUT2D eigenvalue weighted by atomic mass is 10.1. The van der Waals surface area contributed by atoms with Gasteiger partial charge in [-0.2, -0.15) is 0 Å². The lowest BCUT2D eigenvalue weighted by molar-refractivity contribution is 0.0450. The van der Waals surface area contributed by atoms with Crippen molar-refractivity contribution in [3.05, 3.63) is 0 Å². The summed E-state index contributed by atoms with van der Waals surface area (Å²) >= 11 is 0. The van der Waals surface area contributed by atoms with Crippen LogP contribution in [0.5, 0.6) is 0 Å². The molecule has 12 N–H and O–H groups in total. The van der Waals surface area contributed by atoms with Crippen molar-refractivity contribution < 1.29 is 66.0 Å². The van der Waals surface area contributed by atoms with Gasteiger partial charge in [-0.1, -0.05) is 78.1 Å². The topological polar surface area (TPSA) is 252 Å². The van der Waals surface area contributed by atoms with Crippen LogP contribution in [-0.2, 0) is 4.74 Å². The molecule has 256 valence electrons. The van der Waals surface area contributed by atoms with Crippen LogP contribution in [0, 0.1) is 0 Å². The molecule has 0 saturated carbocycles. The highest BCUT2D eigenvalue weighted by atomic mass is 16.5. The summed E-state index contributed by atoms with van der Waals surface area (Å²) in [4.78, 5) is 0. The highest BCUT2D eigenvalue weighted by Crippen LogP contribution is 2.07. The predicted molar refractivity (Wildman–Crippen MR) is 158 cm³/mol. The number of rotatable bonds is 22. The molecule has 13 heteroatoms. The first-order valence-electron chi connectivity index (χ1n) is 14.8. The highest BCUT2D eigenvalue weighted by Gasteiger charge is 1.96. The van der Waals surface area contributed by atoms with E-state index in [-0.39, 0.29) is 52.9 Å². The molecular formula is C28H66O13. The third-order valence-corrected chi connectivity index (χ3v) is 4.97. The fourth-order valence-corrected chi connectivity index (χ4v) is 2.30. The lowest BCUT2D eigenvalue weighted by Crippen LogP contribution is -2.15. The van der Waals surface area contributed by atoms with Crippen molar-refractivity contribution in [1.82, 2.24) is 0 Å². The Balaban J connectivity index is -0.000000149. The molecule has 0 aromatic rings. The van der Waals surface area contributed by atoms with Gasteiger partial charge in [-0.3, -0.25) is 0 Å². The molecule has 0 radical (unpaired) electrons. The van der Waals surface area contributed by atoms with E-state index < -0.39 is 24.4 Å². The van der Waals surface area contributed by atoms with Gasteiger partial charge in [-0.25, -0.2) is 0 Å². The number of unbranched alkanes of at least 4 members (excludes halogenated alkanes) is 10. The molecule has 0 fully saturated rings. The molecule has 0 aliphatic carbocycles. The van der Waals surface area contributed by atoms with Gasteiger partial charge < -0.3 is 66.0 Å². The Morgan fingerprint density at radius 3 is 0.707 bits per heavy atom. The fraction of sp³-hybridized carbons (Fsp3) is 1.00. The van der Waals surface area contributed by atoms with Gasteiger partial charge in [0.05, 0.1) is 52.9 Å². The Kier molecular flexibility index (Phi) is 60.1. The van der Waals surface area contributed by atoms with E-state index in [1.54, 1.807) is 0 Å². The van der Waals surface area contributed by atoms with Crippen LogP contribution >= 0.6 is 0 Å². The predicted octanol–water partition coefficient (Wildman–Crippen LogP) is -0.948. The van der Waals surface area contributed by atoms with Crippen molar-refractivity contribution >= 4 is 0 Å². The third kappa shape index (κ3) is 63.8. The molecule has 0 aromatic carbocycles. The van der Waals surface area contributed by atoms with Crippen molar-refractivity contribution in [2.24, 2.45) is 0 Å². The van der Waals surface area contributed by atoms with Crippen molar-refractivity contribution in [1.29, 1.82) is 0 Å². The molecule has 0 aliphatic rings. The normalized spacial score (nSPS) is 10.4. The number of aliphatic hydroxyl groups excluding tert-OH is 12. The van der Waals surface area contributed by atoms with E-state index >= 15 is 0 Å². The first-order chi connectivity index (χ1) is 19.6. The van der Waals surface area contributed by atoms with Crippen LogP contribution in [-0.4, -0.2) is 152 Å². The number of ether oxygens (including phenoxy) is 1. The highest BCUT2D eigenvalue weighted by molar-refractivity contribution is 4.47. The van der Waals surface area contributed by atoms with Crippen molar-refractivity contribution in [3.8, 4) is 0 Å². The van der Waals surface area contributed by atoms with Gasteiger partial charge >= 0.3 is 0 Å². The smallest absolute Gasteiger partial charge is 0.100 e. The van der Waals surface area contributed by atoms with Crippen molar-refractivity contribution in [2.45, 2.75) is 115 Å². The molecule has 0 amide bonds. The summed E-state index contributed by atoms with van der Waals surface area (Å²) in [5.41, 5.74) is 0. The van der Waals surface area contributed by atoms with E-state index in [4.69, 9.17) is 66.0 Å². The Morgan fingerprint density at radius 1 is 0.341 bits per heavy atom. The van der Waals surface area contributed by atoms with E-state index in [2.05, 4.69) is 13.8 Å². The van der Waals surface area contributed by atoms with Gasteiger partial charge in [0.25, 0.3) is 0 Å². The first-order valence-corrected chi connectivity index (χ1v) is 14.8. The summed E-state index contributed by atoms with van der Waals surface area (Å²) in [6, 6.07) is 0. The van der Waals surface area contributed by atoms with Gasteiger partial charge in [-0.05, 0) is 12.8 Å². The molecule has 0 saturated heterocycles. The minimum atomic E-state index is -0.954. The minimum absolute atomic E-state index is 0.365. The van der Waals surface area contributed by atoms with Gasteiger partial charge in [0.15, 0.2) is 0 Å². The summed E-state index contributed by atoms with van der Waals surface area (Å²) in [5.74, 6) is 0. The molecule has 0 bridgehead atoms. The zero-order valence-electron chi connectivity index (χ0n) is 25.6. The molecule has 0 heterocycles. The summed E-state index contributed by atoms with van der Waals surface area (Å²) in [7, 11) is 0. The second-order valence-electron chi connectivity index (χ2n) is 9.22. The van der Waals surface area contributed by atoms with Gasteiger partial charge in [0, 0.05) is 13.2 Å². The molecule has 0 spiro atoms. The maximum Gasteiger partial charge on any atom is 0.100 e. The van der Waals surface area contributed by atoms with Crippen LogP contribution in [0.1, 0.15) is 90.9 Å². The first kappa shape index (κ1) is 50.1. The maximum atomic E-state index is 8.17. The number of aliphatic hydroxyl groups is 12. The molecular weight excluding hydrogens is 544 g/mol. The van der Waals surface area contributed by atoms with Crippen LogP contribution in [0.25, 0.3) is 0 Å². The quantitative estimate of drug-likeness (QED) is 0.0662. The zero-order chi connectivity index (χ0) is 32.6. The lowest BCUT2D eigenvalue weighted by Gasteiger charge is -2.04. The Hall–Kier alpha value is -0.520. The summed E-state index contributed by atoms with van der Waals surface area (Å²) in [5, 5.41) is 96.1. The zero-order valence-corrected chi connectivity index (χ0v) is 25.6. The van der Waals surface area contributed by atoms with Crippen LogP contribution in [0.3, 0.4) is 0 Å². The van der Waals surface area contributed by atoms with E-state index in [0.29, 0.717) is 0 Å². The Bertz CT molecular complexity index is 326.